The number of hydrogen-bond acceptors (Lipinski definition) is 2. The summed E-state index contributed by atoms with van der Waals surface area (Å²) in [6, 6.07) is 11.9. The maximum absolute atomic E-state index is 13.5. The maximum Gasteiger partial charge on any atom is 0.167 e. The molecule has 0 aliphatic carbocycles. The van der Waals surface area contributed by atoms with Crippen molar-refractivity contribution in [3.05, 3.63) is 63.0 Å². The highest BCUT2D eigenvalue weighted by molar-refractivity contribution is 14.1. The van der Waals surface area contributed by atoms with Gasteiger partial charge in [-0.2, -0.15) is 0 Å². The van der Waals surface area contributed by atoms with Gasteiger partial charge in [-0.3, -0.25) is 4.79 Å². The second-order valence-corrected chi connectivity index (χ2v) is 5.32. The monoisotopic (exact) mass is 370 g/mol. The highest BCUT2D eigenvalue weighted by Crippen LogP contribution is 2.19. The lowest BCUT2D eigenvalue weighted by molar-refractivity contribution is 0.0993. The van der Waals surface area contributed by atoms with E-state index in [-0.39, 0.29) is 18.0 Å². The highest BCUT2D eigenvalue weighted by atomic mass is 127. The van der Waals surface area contributed by atoms with Gasteiger partial charge in [-0.15, -0.1) is 0 Å². The molecule has 0 spiro atoms. The Balaban J connectivity index is 2.17. The van der Waals surface area contributed by atoms with Crippen LogP contribution in [0, 0.1) is 9.39 Å². The molecule has 0 unspecified atom stereocenters. The van der Waals surface area contributed by atoms with E-state index in [1.807, 2.05) is 18.2 Å². The first kappa shape index (κ1) is 14.0. The topological polar surface area (TPSA) is 26.3 Å². The number of benzene rings is 2. The van der Waals surface area contributed by atoms with Crippen molar-refractivity contribution in [2.75, 3.05) is 7.11 Å². The minimum atomic E-state index is -0.449. The van der Waals surface area contributed by atoms with E-state index in [2.05, 4.69) is 22.6 Å². The fourth-order valence-electron chi connectivity index (χ4n) is 1.77. The molecular formula is C15H12FIO2. The number of carbonyl (C=O) groups excluding carboxylic acids is 1. The predicted molar refractivity (Wildman–Crippen MR) is 80.1 cm³/mol. The molecule has 0 aliphatic heterocycles. The molecule has 0 saturated carbocycles. The van der Waals surface area contributed by atoms with Crippen LogP contribution in [0.25, 0.3) is 0 Å². The van der Waals surface area contributed by atoms with Gasteiger partial charge in [0.05, 0.1) is 7.11 Å². The minimum Gasteiger partial charge on any atom is -0.494 e. The average Bonchev–Trinajstić information content (AvgIpc) is 2.39. The molecule has 0 aromatic heterocycles. The van der Waals surface area contributed by atoms with Crippen molar-refractivity contribution < 1.29 is 13.9 Å². The average molecular weight is 370 g/mol. The quantitative estimate of drug-likeness (QED) is 0.604. The Bertz CT molecular complexity index is 611. The molecule has 2 aromatic carbocycles. The van der Waals surface area contributed by atoms with E-state index in [4.69, 9.17) is 4.74 Å². The van der Waals surface area contributed by atoms with Crippen LogP contribution in [0.2, 0.25) is 0 Å². The van der Waals surface area contributed by atoms with Crippen molar-refractivity contribution in [2.24, 2.45) is 0 Å². The molecule has 0 radical (unpaired) electrons. The second kappa shape index (κ2) is 6.14. The smallest absolute Gasteiger partial charge is 0.167 e. The molecular weight excluding hydrogens is 358 g/mol. The first-order valence-electron chi connectivity index (χ1n) is 5.71. The summed E-state index contributed by atoms with van der Waals surface area (Å²) in [5.41, 5.74) is 1.28. The van der Waals surface area contributed by atoms with Crippen molar-refractivity contribution in [3.63, 3.8) is 0 Å². The molecule has 4 heteroatoms. The highest BCUT2D eigenvalue weighted by Gasteiger charge is 2.10. The van der Waals surface area contributed by atoms with Gasteiger partial charge in [-0.05, 0) is 52.4 Å². The number of Topliss-reactive ketones (excluding diaryl/α,β-unsaturated/α-hetero) is 1. The summed E-state index contributed by atoms with van der Waals surface area (Å²) in [5.74, 6) is -0.288. The van der Waals surface area contributed by atoms with E-state index in [9.17, 15) is 9.18 Å². The molecule has 0 amide bonds. The van der Waals surface area contributed by atoms with Crippen LogP contribution < -0.4 is 4.74 Å². The predicted octanol–water partition coefficient (Wildman–Crippen LogP) is 3.86. The Morgan fingerprint density at radius 2 is 2.05 bits per heavy atom. The molecule has 0 saturated heterocycles. The van der Waals surface area contributed by atoms with Gasteiger partial charge < -0.3 is 4.74 Å². The number of ketones is 1. The summed E-state index contributed by atoms with van der Waals surface area (Å²) in [4.78, 5) is 12.1. The SMILES string of the molecule is COc1ccc(CC(=O)c2cccc(I)c2)cc1F. The number of rotatable bonds is 4. The third kappa shape index (κ3) is 3.53. The van der Waals surface area contributed by atoms with Crippen LogP contribution in [0.5, 0.6) is 5.75 Å². The van der Waals surface area contributed by atoms with Crippen LogP contribution in [0.15, 0.2) is 42.5 Å². The van der Waals surface area contributed by atoms with Crippen molar-refractivity contribution in [2.45, 2.75) is 6.42 Å². The van der Waals surface area contributed by atoms with Crippen LogP contribution in [0.4, 0.5) is 4.39 Å². The number of methoxy groups -OCH3 is 1. The lowest BCUT2D eigenvalue weighted by atomic mass is 10.0. The lowest BCUT2D eigenvalue weighted by Crippen LogP contribution is -2.04. The molecule has 0 aliphatic rings. The fraction of sp³-hybridized carbons (Fsp3) is 0.133. The fourth-order valence-corrected chi connectivity index (χ4v) is 2.31. The maximum atomic E-state index is 13.5. The minimum absolute atomic E-state index is 0.0249. The molecule has 0 fully saturated rings. The van der Waals surface area contributed by atoms with Crippen LogP contribution >= 0.6 is 22.6 Å². The van der Waals surface area contributed by atoms with E-state index < -0.39 is 5.82 Å². The molecule has 0 heterocycles. The Kier molecular flexibility index (Phi) is 4.52. The van der Waals surface area contributed by atoms with Gasteiger partial charge in [0.2, 0.25) is 0 Å². The van der Waals surface area contributed by atoms with Crippen molar-refractivity contribution in [1.29, 1.82) is 0 Å². The Morgan fingerprint density at radius 1 is 1.26 bits per heavy atom. The van der Waals surface area contributed by atoms with E-state index in [1.54, 1.807) is 12.1 Å². The van der Waals surface area contributed by atoms with Crippen molar-refractivity contribution in [1.82, 2.24) is 0 Å². The zero-order valence-electron chi connectivity index (χ0n) is 10.3. The summed E-state index contributed by atoms with van der Waals surface area (Å²) in [7, 11) is 1.41. The zero-order chi connectivity index (χ0) is 13.8. The molecule has 98 valence electrons. The third-order valence-electron chi connectivity index (χ3n) is 2.73. The summed E-state index contributed by atoms with van der Waals surface area (Å²) >= 11 is 2.16. The van der Waals surface area contributed by atoms with E-state index >= 15 is 0 Å². The first-order chi connectivity index (χ1) is 9.10. The van der Waals surface area contributed by atoms with Crippen LogP contribution in [0.1, 0.15) is 15.9 Å². The lowest BCUT2D eigenvalue weighted by Gasteiger charge is -2.05. The van der Waals surface area contributed by atoms with Crippen LogP contribution in [-0.2, 0) is 6.42 Å². The van der Waals surface area contributed by atoms with Gasteiger partial charge in [-0.1, -0.05) is 18.2 Å². The van der Waals surface area contributed by atoms with Crippen molar-refractivity contribution >= 4 is 28.4 Å². The third-order valence-corrected chi connectivity index (χ3v) is 3.40. The standard InChI is InChI=1S/C15H12FIO2/c1-19-15-6-5-10(7-13(15)16)8-14(18)11-3-2-4-12(17)9-11/h2-7,9H,8H2,1H3. The molecule has 19 heavy (non-hydrogen) atoms. The molecule has 2 nitrogen and oxygen atoms in total. The van der Waals surface area contributed by atoms with Gasteiger partial charge in [-0.25, -0.2) is 4.39 Å². The van der Waals surface area contributed by atoms with Crippen molar-refractivity contribution in [3.8, 4) is 5.75 Å². The molecule has 0 bridgehead atoms. The summed E-state index contributed by atoms with van der Waals surface area (Å²) in [6.07, 6.45) is 0.182. The Morgan fingerprint density at radius 3 is 2.68 bits per heavy atom. The molecule has 0 atom stereocenters. The van der Waals surface area contributed by atoms with E-state index in [0.717, 1.165) is 3.57 Å². The van der Waals surface area contributed by atoms with Crippen LogP contribution in [-0.4, -0.2) is 12.9 Å². The van der Waals surface area contributed by atoms with Gasteiger partial charge in [0.1, 0.15) is 0 Å². The van der Waals surface area contributed by atoms with Gasteiger partial charge in [0.25, 0.3) is 0 Å². The number of hydrogen-bond donors (Lipinski definition) is 0. The normalized spacial score (nSPS) is 10.3. The molecule has 0 N–H and O–H groups in total. The van der Waals surface area contributed by atoms with Crippen LogP contribution in [0.3, 0.4) is 0 Å². The first-order valence-corrected chi connectivity index (χ1v) is 6.79. The van der Waals surface area contributed by atoms with Gasteiger partial charge in [0, 0.05) is 15.6 Å². The van der Waals surface area contributed by atoms with Gasteiger partial charge >= 0.3 is 0 Å². The van der Waals surface area contributed by atoms with Gasteiger partial charge in [0.15, 0.2) is 17.3 Å². The molecule has 2 rings (SSSR count). The summed E-state index contributed by atoms with van der Waals surface area (Å²) in [6.45, 7) is 0. The molecule has 2 aromatic rings. The largest absolute Gasteiger partial charge is 0.494 e. The Hall–Kier alpha value is -1.43. The Labute approximate surface area is 124 Å². The number of halogens is 2. The van der Waals surface area contributed by atoms with E-state index in [1.165, 1.54) is 19.2 Å². The number of ether oxygens (including phenoxy) is 1. The second-order valence-electron chi connectivity index (χ2n) is 4.08. The van der Waals surface area contributed by atoms with E-state index in [0.29, 0.717) is 11.1 Å². The summed E-state index contributed by atoms with van der Waals surface area (Å²) < 4.78 is 19.4. The number of carbonyl (C=O) groups is 1. The summed E-state index contributed by atoms with van der Waals surface area (Å²) in [5, 5.41) is 0. The zero-order valence-corrected chi connectivity index (χ0v) is 12.5.